The molecule has 3 rings (SSSR count). The van der Waals surface area contributed by atoms with Crippen molar-refractivity contribution in [2.45, 2.75) is 181 Å². The van der Waals surface area contributed by atoms with Crippen LogP contribution in [0.5, 0.6) is 11.5 Å². The van der Waals surface area contributed by atoms with E-state index in [0.717, 1.165) is 48.4 Å². The summed E-state index contributed by atoms with van der Waals surface area (Å²) in [4.78, 5) is 0. The third kappa shape index (κ3) is 15.0. The molecule has 0 N–H and O–H groups in total. The predicted octanol–water partition coefficient (Wildman–Crippen LogP) is 13.1. The zero-order chi connectivity index (χ0) is 29.5. The summed E-state index contributed by atoms with van der Waals surface area (Å²) in [5.74, 6) is 5.82. The van der Waals surface area contributed by atoms with Crippen LogP contribution in [0.15, 0.2) is 24.3 Å². The Morgan fingerprint density at radius 2 is 0.738 bits per heavy atom. The molecule has 2 aliphatic carbocycles. The highest BCUT2D eigenvalue weighted by atomic mass is 16.5. The molecular formula is C40H70O2. The summed E-state index contributed by atoms with van der Waals surface area (Å²) in [5.41, 5.74) is 0. The summed E-state index contributed by atoms with van der Waals surface area (Å²) >= 11 is 0. The highest BCUT2D eigenvalue weighted by Crippen LogP contribution is 2.38. The Morgan fingerprint density at radius 1 is 0.429 bits per heavy atom. The third-order valence-corrected chi connectivity index (χ3v) is 10.8. The Morgan fingerprint density at radius 3 is 1.10 bits per heavy atom. The fraction of sp³-hybridized carbons (Fsp3) is 0.850. The first kappa shape index (κ1) is 35.3. The van der Waals surface area contributed by atoms with Gasteiger partial charge in [-0.2, -0.15) is 0 Å². The van der Waals surface area contributed by atoms with Crippen molar-refractivity contribution in [2.24, 2.45) is 23.7 Å². The molecule has 1 aromatic carbocycles. The van der Waals surface area contributed by atoms with Gasteiger partial charge in [-0.05, 0) is 73.6 Å². The molecule has 0 bridgehead atoms. The van der Waals surface area contributed by atoms with Crippen LogP contribution >= 0.6 is 0 Å². The zero-order valence-electron chi connectivity index (χ0n) is 28.2. The van der Waals surface area contributed by atoms with Crippen molar-refractivity contribution >= 4 is 0 Å². The van der Waals surface area contributed by atoms with Crippen LogP contribution in [-0.4, -0.2) is 13.2 Å². The van der Waals surface area contributed by atoms with Gasteiger partial charge in [0.2, 0.25) is 0 Å². The molecule has 42 heavy (non-hydrogen) atoms. The van der Waals surface area contributed by atoms with E-state index in [1.807, 2.05) is 0 Å². The van der Waals surface area contributed by atoms with Crippen LogP contribution in [0.3, 0.4) is 0 Å². The van der Waals surface area contributed by atoms with Crippen molar-refractivity contribution in [2.75, 3.05) is 13.2 Å². The first-order valence-electron chi connectivity index (χ1n) is 19.2. The molecule has 2 heteroatoms. The van der Waals surface area contributed by atoms with E-state index in [1.165, 1.54) is 167 Å². The number of unbranched alkanes of at least 4 members (excludes halogenated alkanes) is 10. The van der Waals surface area contributed by atoms with Gasteiger partial charge >= 0.3 is 0 Å². The summed E-state index contributed by atoms with van der Waals surface area (Å²) in [7, 11) is 0. The second-order valence-electron chi connectivity index (χ2n) is 14.2. The fourth-order valence-corrected chi connectivity index (χ4v) is 8.17. The Balaban J connectivity index is 1.24. The molecule has 0 spiro atoms. The number of benzene rings is 1. The lowest BCUT2D eigenvalue weighted by molar-refractivity contribution is 0.189. The molecule has 2 fully saturated rings. The van der Waals surface area contributed by atoms with Crippen molar-refractivity contribution in [1.29, 1.82) is 0 Å². The quantitative estimate of drug-likeness (QED) is 0.113. The van der Waals surface area contributed by atoms with Crippen LogP contribution in [0.25, 0.3) is 0 Å². The number of hydrogen-bond donors (Lipinski definition) is 0. The van der Waals surface area contributed by atoms with Crippen LogP contribution < -0.4 is 9.47 Å². The molecule has 0 amide bonds. The average Bonchev–Trinajstić information content (AvgIpc) is 3.02. The molecule has 1 aromatic rings. The lowest BCUT2D eigenvalue weighted by atomic mass is 9.74. The van der Waals surface area contributed by atoms with Gasteiger partial charge in [-0.1, -0.05) is 155 Å². The Kier molecular flexibility index (Phi) is 19.5. The Hall–Kier alpha value is -1.18. The van der Waals surface area contributed by atoms with Crippen molar-refractivity contribution < 1.29 is 9.47 Å². The molecule has 0 aromatic heterocycles. The molecule has 0 aliphatic heterocycles. The van der Waals surface area contributed by atoms with E-state index >= 15 is 0 Å². The fourth-order valence-electron chi connectivity index (χ4n) is 8.17. The molecule has 0 saturated heterocycles. The Labute approximate surface area is 262 Å². The smallest absolute Gasteiger partial charge is 0.119 e. The van der Waals surface area contributed by atoms with Crippen LogP contribution in [0.4, 0.5) is 0 Å². The number of rotatable bonds is 24. The van der Waals surface area contributed by atoms with Crippen molar-refractivity contribution in [3.63, 3.8) is 0 Å². The predicted molar refractivity (Wildman–Crippen MR) is 183 cm³/mol. The lowest BCUT2D eigenvalue weighted by Crippen LogP contribution is -2.20. The zero-order valence-corrected chi connectivity index (χ0v) is 28.2. The topological polar surface area (TPSA) is 18.5 Å². The van der Waals surface area contributed by atoms with Gasteiger partial charge in [0.25, 0.3) is 0 Å². The van der Waals surface area contributed by atoms with Crippen molar-refractivity contribution in [1.82, 2.24) is 0 Å². The first-order chi connectivity index (χ1) is 20.8. The standard InChI is InChI=1S/C40H70O2/c1-3-5-7-9-11-13-21-35-23-15-17-25-37(35)27-19-33-41-39-29-31-40(32-30-39)42-34-20-28-38-26-18-16-24-36(38)22-14-12-10-8-6-4-2/h29-32,35-38H,3-28,33-34H2,1-2H3. The van der Waals surface area contributed by atoms with Crippen LogP contribution in [0.2, 0.25) is 0 Å². The monoisotopic (exact) mass is 583 g/mol. The van der Waals surface area contributed by atoms with Crippen LogP contribution in [0, 0.1) is 23.7 Å². The minimum Gasteiger partial charge on any atom is -0.494 e. The minimum atomic E-state index is 0.849. The van der Waals surface area contributed by atoms with Gasteiger partial charge in [0.05, 0.1) is 13.2 Å². The molecule has 2 saturated carbocycles. The van der Waals surface area contributed by atoms with Gasteiger partial charge in [-0.25, -0.2) is 0 Å². The van der Waals surface area contributed by atoms with Gasteiger partial charge in [-0.3, -0.25) is 0 Å². The van der Waals surface area contributed by atoms with Crippen LogP contribution in [-0.2, 0) is 0 Å². The molecule has 4 atom stereocenters. The van der Waals surface area contributed by atoms with Crippen molar-refractivity contribution in [3.8, 4) is 11.5 Å². The maximum absolute atomic E-state index is 6.14. The second kappa shape index (κ2) is 23.2. The van der Waals surface area contributed by atoms with E-state index in [2.05, 4.69) is 38.1 Å². The maximum Gasteiger partial charge on any atom is 0.119 e. The van der Waals surface area contributed by atoms with Gasteiger partial charge in [0.1, 0.15) is 11.5 Å². The third-order valence-electron chi connectivity index (χ3n) is 10.8. The summed E-state index contributed by atoms with van der Waals surface area (Å²) < 4.78 is 12.3. The summed E-state index contributed by atoms with van der Waals surface area (Å²) in [6.07, 6.45) is 36.8. The molecule has 2 nitrogen and oxygen atoms in total. The number of hydrogen-bond acceptors (Lipinski definition) is 2. The summed E-state index contributed by atoms with van der Waals surface area (Å²) in [6.45, 7) is 6.32. The normalized spacial score (nSPS) is 22.7. The molecule has 0 heterocycles. The highest BCUT2D eigenvalue weighted by Gasteiger charge is 2.25. The van der Waals surface area contributed by atoms with Gasteiger partial charge in [0, 0.05) is 0 Å². The molecule has 0 radical (unpaired) electrons. The van der Waals surface area contributed by atoms with E-state index < -0.39 is 0 Å². The summed E-state index contributed by atoms with van der Waals surface area (Å²) in [5, 5.41) is 0. The van der Waals surface area contributed by atoms with E-state index in [1.54, 1.807) is 0 Å². The minimum absolute atomic E-state index is 0.849. The van der Waals surface area contributed by atoms with E-state index in [-0.39, 0.29) is 0 Å². The van der Waals surface area contributed by atoms with E-state index in [9.17, 15) is 0 Å². The Bertz CT molecular complexity index is 680. The maximum atomic E-state index is 6.14. The molecular weight excluding hydrogens is 512 g/mol. The van der Waals surface area contributed by atoms with Crippen LogP contribution in [0.1, 0.15) is 181 Å². The van der Waals surface area contributed by atoms with Gasteiger partial charge in [-0.15, -0.1) is 0 Å². The second-order valence-corrected chi connectivity index (χ2v) is 14.2. The largest absolute Gasteiger partial charge is 0.494 e. The molecule has 242 valence electrons. The molecule has 4 unspecified atom stereocenters. The van der Waals surface area contributed by atoms with Gasteiger partial charge in [0.15, 0.2) is 0 Å². The molecule has 2 aliphatic rings. The van der Waals surface area contributed by atoms with E-state index in [0.29, 0.717) is 0 Å². The average molecular weight is 583 g/mol. The highest BCUT2D eigenvalue weighted by molar-refractivity contribution is 5.31. The van der Waals surface area contributed by atoms with Crippen molar-refractivity contribution in [3.05, 3.63) is 24.3 Å². The summed E-state index contributed by atoms with van der Waals surface area (Å²) in [6, 6.07) is 8.42. The van der Waals surface area contributed by atoms with Gasteiger partial charge < -0.3 is 9.47 Å². The SMILES string of the molecule is CCCCCCCCC1CCCCC1CCCOc1ccc(OCCCC2CCCCC2CCCCCCCC)cc1. The number of ether oxygens (including phenoxy) is 2. The first-order valence-corrected chi connectivity index (χ1v) is 19.2. The lowest BCUT2D eigenvalue weighted by Gasteiger charge is -2.32. The van der Waals surface area contributed by atoms with E-state index in [4.69, 9.17) is 9.47 Å².